The summed E-state index contributed by atoms with van der Waals surface area (Å²) in [4.78, 5) is 16.6. The van der Waals surface area contributed by atoms with E-state index in [1.807, 2.05) is 16.9 Å². The van der Waals surface area contributed by atoms with Crippen LogP contribution in [0.1, 0.15) is 34.3 Å². The number of rotatable bonds is 7. The van der Waals surface area contributed by atoms with Crippen molar-refractivity contribution in [1.82, 2.24) is 9.62 Å². The molecule has 2 fully saturated rings. The molecule has 1 aliphatic carbocycles. The third-order valence-electron chi connectivity index (χ3n) is 5.91. The van der Waals surface area contributed by atoms with Crippen molar-refractivity contribution in [1.29, 1.82) is 0 Å². The largest absolute Gasteiger partial charge is 0.392 e. The predicted octanol–water partition coefficient (Wildman–Crippen LogP) is 3.17. The molecule has 2 N–H and O–H groups in total. The molecule has 178 valence electrons. The van der Waals surface area contributed by atoms with Crippen molar-refractivity contribution in [3.63, 3.8) is 0 Å². The first-order chi connectivity index (χ1) is 15.7. The summed E-state index contributed by atoms with van der Waals surface area (Å²) in [5, 5.41) is 9.57. The minimum absolute atomic E-state index is 0.128. The lowest BCUT2D eigenvalue weighted by atomic mass is 10.1. The first kappa shape index (κ1) is 24.2. The molecule has 1 amide bonds. The van der Waals surface area contributed by atoms with Crippen LogP contribution >= 0.6 is 23.2 Å². The van der Waals surface area contributed by atoms with Crippen molar-refractivity contribution in [3.8, 4) is 0 Å². The Labute approximate surface area is 202 Å². The molecule has 1 heterocycles. The summed E-state index contributed by atoms with van der Waals surface area (Å²) >= 11 is 12.4. The van der Waals surface area contributed by atoms with Gasteiger partial charge in [0.1, 0.15) is 5.82 Å². The van der Waals surface area contributed by atoms with Gasteiger partial charge in [-0.05, 0) is 54.3 Å². The number of piperazine rings is 1. The Morgan fingerprint density at radius 2 is 1.76 bits per heavy atom. The van der Waals surface area contributed by atoms with Crippen LogP contribution in [0.4, 0.5) is 10.1 Å². The van der Waals surface area contributed by atoms with Gasteiger partial charge in [-0.25, -0.2) is 17.5 Å². The Morgan fingerprint density at radius 1 is 1.06 bits per heavy atom. The van der Waals surface area contributed by atoms with Crippen LogP contribution in [-0.2, 0) is 23.2 Å². The lowest BCUT2D eigenvalue weighted by Crippen LogP contribution is -2.46. The van der Waals surface area contributed by atoms with E-state index in [0.29, 0.717) is 48.6 Å². The van der Waals surface area contributed by atoms with Crippen molar-refractivity contribution in [3.05, 3.63) is 62.9 Å². The van der Waals surface area contributed by atoms with Gasteiger partial charge >= 0.3 is 0 Å². The van der Waals surface area contributed by atoms with Crippen LogP contribution in [0.3, 0.4) is 0 Å². The molecule has 1 saturated carbocycles. The smallest absolute Gasteiger partial charge is 0.267 e. The molecule has 4 rings (SSSR count). The van der Waals surface area contributed by atoms with Crippen LogP contribution in [-0.4, -0.2) is 55.8 Å². The van der Waals surface area contributed by atoms with Gasteiger partial charge in [0.05, 0.1) is 17.4 Å². The van der Waals surface area contributed by atoms with Crippen LogP contribution < -0.4 is 9.62 Å². The maximum atomic E-state index is 14.6. The van der Waals surface area contributed by atoms with Gasteiger partial charge in [-0.1, -0.05) is 23.2 Å². The Bertz CT molecular complexity index is 1170. The van der Waals surface area contributed by atoms with E-state index in [2.05, 4.69) is 9.80 Å². The number of carbonyl (C=O) groups excluding carboxylic acids is 1. The molecule has 1 aliphatic heterocycles. The summed E-state index contributed by atoms with van der Waals surface area (Å²) in [6.07, 6.45) is 0.997. The van der Waals surface area contributed by atoms with E-state index in [0.717, 1.165) is 18.8 Å². The number of amides is 1. The molecule has 2 aromatic carbocycles. The monoisotopic (exact) mass is 515 g/mol. The molecule has 0 atom stereocenters. The third kappa shape index (κ3) is 5.60. The Kier molecular flexibility index (Phi) is 7.16. The van der Waals surface area contributed by atoms with E-state index in [-0.39, 0.29) is 17.2 Å². The number of carbonyl (C=O) groups is 1. The molecule has 1 saturated heterocycles. The van der Waals surface area contributed by atoms with Gasteiger partial charge in [-0.15, -0.1) is 0 Å². The maximum Gasteiger partial charge on any atom is 0.267 e. The van der Waals surface area contributed by atoms with Crippen LogP contribution in [0, 0.1) is 5.82 Å². The van der Waals surface area contributed by atoms with E-state index >= 15 is 0 Å². The molecule has 0 radical (unpaired) electrons. The molecule has 0 spiro atoms. The van der Waals surface area contributed by atoms with E-state index < -0.39 is 27.0 Å². The standard InChI is InChI=1S/C22H24Cl2FN3O4S/c23-19-4-1-16(9-15(19)13-29)28-7-5-27(6-8-28)12-14-10-21(25)18(11-20(14)24)22(30)26-33(31,32)17-2-3-17/h1,4,9-11,17,29H,2-3,5-8,12-13H2,(H,26,30). The van der Waals surface area contributed by atoms with Gasteiger partial charge in [-0.2, -0.15) is 0 Å². The fourth-order valence-corrected chi connectivity index (χ4v) is 5.51. The number of benzene rings is 2. The summed E-state index contributed by atoms with van der Waals surface area (Å²) in [5.74, 6) is -1.82. The average Bonchev–Trinajstić information content (AvgIpc) is 3.63. The first-order valence-corrected chi connectivity index (χ1v) is 12.9. The van der Waals surface area contributed by atoms with Gasteiger partial charge in [-0.3, -0.25) is 9.69 Å². The summed E-state index contributed by atoms with van der Waals surface area (Å²) in [5.41, 5.74) is 1.79. The van der Waals surface area contributed by atoms with Crippen molar-refractivity contribution in [2.45, 2.75) is 31.2 Å². The lowest BCUT2D eigenvalue weighted by Gasteiger charge is -2.36. The Morgan fingerprint density at radius 3 is 2.39 bits per heavy atom. The van der Waals surface area contributed by atoms with Crippen molar-refractivity contribution in [2.24, 2.45) is 0 Å². The number of aliphatic hydroxyl groups excluding tert-OH is 1. The zero-order valence-corrected chi connectivity index (χ0v) is 20.1. The van der Waals surface area contributed by atoms with Crippen molar-refractivity contribution in [2.75, 3.05) is 31.1 Å². The van der Waals surface area contributed by atoms with Crippen molar-refractivity contribution < 1.29 is 22.7 Å². The van der Waals surface area contributed by atoms with Gasteiger partial charge in [0.15, 0.2) is 0 Å². The summed E-state index contributed by atoms with van der Waals surface area (Å²) in [6.45, 7) is 3.14. The lowest BCUT2D eigenvalue weighted by molar-refractivity contribution is 0.0977. The van der Waals surface area contributed by atoms with Crippen molar-refractivity contribution >= 4 is 44.8 Å². The molecule has 2 aromatic rings. The van der Waals surface area contributed by atoms with E-state index in [1.54, 1.807) is 6.07 Å². The van der Waals surface area contributed by atoms with Gasteiger partial charge in [0, 0.05) is 48.5 Å². The highest BCUT2D eigenvalue weighted by atomic mass is 35.5. The number of nitrogens with one attached hydrogen (secondary N) is 1. The highest BCUT2D eigenvalue weighted by Crippen LogP contribution is 2.29. The molecule has 33 heavy (non-hydrogen) atoms. The van der Waals surface area contributed by atoms with Crippen LogP contribution in [0.25, 0.3) is 0 Å². The Hall–Kier alpha value is -1.91. The fourth-order valence-electron chi connectivity index (χ4n) is 3.81. The number of hydrogen-bond acceptors (Lipinski definition) is 6. The topological polar surface area (TPSA) is 90.0 Å². The highest BCUT2D eigenvalue weighted by Gasteiger charge is 2.37. The molecule has 2 aliphatic rings. The first-order valence-electron chi connectivity index (χ1n) is 10.6. The molecule has 7 nitrogen and oxygen atoms in total. The predicted molar refractivity (Wildman–Crippen MR) is 126 cm³/mol. The number of halogens is 3. The van der Waals surface area contributed by atoms with Crippen LogP contribution in [0.5, 0.6) is 0 Å². The van der Waals surface area contributed by atoms with E-state index in [1.165, 1.54) is 12.1 Å². The number of aliphatic hydroxyl groups is 1. The molecule has 11 heteroatoms. The second-order valence-corrected chi connectivity index (χ2v) is 11.1. The molecular formula is C22H24Cl2FN3O4S. The number of sulfonamides is 1. The zero-order chi connectivity index (χ0) is 23.8. The van der Waals surface area contributed by atoms with Gasteiger partial charge in [0.25, 0.3) is 5.91 Å². The maximum absolute atomic E-state index is 14.6. The number of hydrogen-bond donors (Lipinski definition) is 2. The number of nitrogens with zero attached hydrogens (tertiary/aromatic N) is 2. The SMILES string of the molecule is O=C(NS(=O)(=O)C1CC1)c1cc(Cl)c(CN2CCN(c3ccc(Cl)c(CO)c3)CC2)cc1F. The summed E-state index contributed by atoms with van der Waals surface area (Å²) < 4.78 is 40.5. The fraction of sp³-hybridized carbons (Fsp3) is 0.409. The van der Waals surface area contributed by atoms with Crippen LogP contribution in [0.15, 0.2) is 30.3 Å². The molecular weight excluding hydrogens is 492 g/mol. The van der Waals surface area contributed by atoms with E-state index in [9.17, 15) is 22.7 Å². The second kappa shape index (κ2) is 9.76. The Balaban J connectivity index is 1.39. The minimum atomic E-state index is -3.78. The second-order valence-electron chi connectivity index (χ2n) is 8.30. The zero-order valence-electron chi connectivity index (χ0n) is 17.7. The molecule has 0 bridgehead atoms. The quantitative estimate of drug-likeness (QED) is 0.588. The van der Waals surface area contributed by atoms with E-state index in [4.69, 9.17) is 23.2 Å². The minimum Gasteiger partial charge on any atom is -0.392 e. The average molecular weight is 516 g/mol. The van der Waals surface area contributed by atoms with Crippen LogP contribution in [0.2, 0.25) is 10.0 Å². The van der Waals surface area contributed by atoms with Gasteiger partial charge < -0.3 is 10.0 Å². The summed E-state index contributed by atoms with van der Waals surface area (Å²) in [7, 11) is -3.78. The molecule has 0 aromatic heterocycles. The highest BCUT2D eigenvalue weighted by molar-refractivity contribution is 7.91. The number of anilines is 1. The van der Waals surface area contributed by atoms with Gasteiger partial charge in [0.2, 0.25) is 10.0 Å². The third-order valence-corrected chi connectivity index (χ3v) is 8.45. The summed E-state index contributed by atoms with van der Waals surface area (Å²) in [6, 6.07) is 7.93. The molecule has 0 unspecified atom stereocenters. The normalized spacial score (nSPS) is 17.3.